The van der Waals surface area contributed by atoms with Crippen molar-refractivity contribution in [1.82, 2.24) is 0 Å². The normalized spacial score (nSPS) is 9.17. The topological polar surface area (TPSA) is 26.0 Å². The molecule has 0 aliphatic rings. The van der Waals surface area contributed by atoms with Crippen LogP contribution >= 0.6 is 35.0 Å². The molecule has 0 bridgehead atoms. The van der Waals surface area contributed by atoms with E-state index in [1.165, 1.54) is 9.13 Å². The van der Waals surface area contributed by atoms with Crippen molar-refractivity contribution in [2.45, 2.75) is 12.8 Å². The Labute approximate surface area is 93.3 Å². The maximum Gasteiger partial charge on any atom is 0.0130 e. The minimum atomic E-state index is 0. The minimum Gasteiger partial charge on any atom is -0.330 e. The van der Waals surface area contributed by atoms with E-state index in [0.29, 0.717) is 0 Å². The molecule has 0 amide bonds. The van der Waals surface area contributed by atoms with Crippen LogP contribution < -0.4 is 5.73 Å². The van der Waals surface area contributed by atoms with Crippen molar-refractivity contribution in [3.63, 3.8) is 0 Å². The summed E-state index contributed by atoms with van der Waals surface area (Å²) in [6, 6.07) is 8.59. The summed E-state index contributed by atoms with van der Waals surface area (Å²) in [5, 5.41) is 0. The zero-order valence-corrected chi connectivity index (χ0v) is 9.77. The highest BCUT2D eigenvalue weighted by Gasteiger charge is 1.90. The summed E-state index contributed by atoms with van der Waals surface area (Å²) in [7, 11) is 0. The highest BCUT2D eigenvalue weighted by molar-refractivity contribution is 14.1. The third kappa shape index (κ3) is 4.28. The van der Waals surface area contributed by atoms with Crippen LogP contribution in [0.15, 0.2) is 24.3 Å². The molecule has 1 aromatic rings. The second kappa shape index (κ2) is 6.69. The maximum absolute atomic E-state index is 5.40. The van der Waals surface area contributed by atoms with Crippen LogP contribution in [0.2, 0.25) is 0 Å². The predicted molar refractivity (Wildman–Crippen MR) is 63.8 cm³/mol. The quantitative estimate of drug-likeness (QED) is 0.853. The van der Waals surface area contributed by atoms with Crippen LogP contribution in [0.1, 0.15) is 12.0 Å². The first-order chi connectivity index (χ1) is 5.33. The standard InChI is InChI=1S/C9H12IN.ClH/c10-9-5-3-8(4-6-9)2-1-7-11;/h3-6H,1-2,7,11H2;1H. The molecule has 0 fully saturated rings. The lowest BCUT2D eigenvalue weighted by Gasteiger charge is -1.98. The first kappa shape index (κ1) is 12.2. The third-order valence-corrected chi connectivity index (χ3v) is 2.30. The summed E-state index contributed by atoms with van der Waals surface area (Å²) in [6.45, 7) is 0.784. The molecule has 68 valence electrons. The molecule has 1 rings (SSSR count). The SMILES string of the molecule is Cl.NCCCc1ccc(I)cc1. The van der Waals surface area contributed by atoms with Gasteiger partial charge in [-0.05, 0) is 59.7 Å². The van der Waals surface area contributed by atoms with Crippen LogP contribution in [0, 0.1) is 3.57 Å². The van der Waals surface area contributed by atoms with Crippen molar-refractivity contribution >= 4 is 35.0 Å². The van der Waals surface area contributed by atoms with Crippen molar-refractivity contribution in [3.8, 4) is 0 Å². The van der Waals surface area contributed by atoms with E-state index in [-0.39, 0.29) is 12.4 Å². The molecule has 12 heavy (non-hydrogen) atoms. The van der Waals surface area contributed by atoms with Gasteiger partial charge in [0.25, 0.3) is 0 Å². The van der Waals surface area contributed by atoms with E-state index < -0.39 is 0 Å². The van der Waals surface area contributed by atoms with Crippen LogP contribution in [-0.2, 0) is 6.42 Å². The molecule has 0 unspecified atom stereocenters. The monoisotopic (exact) mass is 297 g/mol. The molecule has 2 N–H and O–H groups in total. The summed E-state index contributed by atoms with van der Waals surface area (Å²) >= 11 is 2.31. The zero-order valence-electron chi connectivity index (χ0n) is 6.79. The molecule has 0 radical (unpaired) electrons. The van der Waals surface area contributed by atoms with Crippen molar-refractivity contribution in [2.24, 2.45) is 5.73 Å². The number of halogens is 2. The van der Waals surface area contributed by atoms with Gasteiger partial charge in [-0.2, -0.15) is 0 Å². The van der Waals surface area contributed by atoms with E-state index in [1.807, 2.05) is 0 Å². The summed E-state index contributed by atoms with van der Waals surface area (Å²) in [6.07, 6.45) is 2.19. The predicted octanol–water partition coefficient (Wildman–Crippen LogP) is 2.60. The summed E-state index contributed by atoms with van der Waals surface area (Å²) in [5.41, 5.74) is 6.79. The van der Waals surface area contributed by atoms with E-state index in [9.17, 15) is 0 Å². The van der Waals surface area contributed by atoms with Gasteiger partial charge in [0.05, 0.1) is 0 Å². The van der Waals surface area contributed by atoms with Crippen LogP contribution in [-0.4, -0.2) is 6.54 Å². The van der Waals surface area contributed by atoms with Crippen LogP contribution in [0.4, 0.5) is 0 Å². The van der Waals surface area contributed by atoms with Gasteiger partial charge in [-0.1, -0.05) is 12.1 Å². The molecule has 0 aliphatic heterocycles. The molecule has 3 heteroatoms. The fraction of sp³-hybridized carbons (Fsp3) is 0.333. The largest absolute Gasteiger partial charge is 0.330 e. The second-order valence-electron chi connectivity index (χ2n) is 2.52. The van der Waals surface area contributed by atoms with Gasteiger partial charge in [-0.15, -0.1) is 12.4 Å². The van der Waals surface area contributed by atoms with Crippen molar-refractivity contribution in [1.29, 1.82) is 0 Å². The molecule has 0 saturated carbocycles. The summed E-state index contributed by atoms with van der Waals surface area (Å²) in [4.78, 5) is 0. The summed E-state index contributed by atoms with van der Waals surface area (Å²) in [5.74, 6) is 0. The molecule has 0 heterocycles. The highest BCUT2D eigenvalue weighted by atomic mass is 127. The zero-order chi connectivity index (χ0) is 8.10. The van der Waals surface area contributed by atoms with E-state index in [1.54, 1.807) is 0 Å². The Balaban J connectivity index is 0.00000121. The van der Waals surface area contributed by atoms with E-state index in [4.69, 9.17) is 5.73 Å². The molecule has 1 nitrogen and oxygen atoms in total. The van der Waals surface area contributed by atoms with Crippen LogP contribution in [0.5, 0.6) is 0 Å². The average Bonchev–Trinajstić information content (AvgIpc) is 2.04. The van der Waals surface area contributed by atoms with Crippen LogP contribution in [0.25, 0.3) is 0 Å². The van der Waals surface area contributed by atoms with Crippen molar-refractivity contribution < 1.29 is 0 Å². The number of hydrogen-bond donors (Lipinski definition) is 1. The van der Waals surface area contributed by atoms with E-state index in [0.717, 1.165) is 19.4 Å². The second-order valence-corrected chi connectivity index (χ2v) is 3.76. The van der Waals surface area contributed by atoms with Gasteiger partial charge in [-0.3, -0.25) is 0 Å². The first-order valence-corrected chi connectivity index (χ1v) is 4.85. The highest BCUT2D eigenvalue weighted by Crippen LogP contribution is 2.07. The van der Waals surface area contributed by atoms with Gasteiger partial charge in [0, 0.05) is 3.57 Å². The smallest absolute Gasteiger partial charge is 0.0130 e. The van der Waals surface area contributed by atoms with E-state index in [2.05, 4.69) is 46.9 Å². The third-order valence-electron chi connectivity index (χ3n) is 1.58. The van der Waals surface area contributed by atoms with Gasteiger partial charge < -0.3 is 5.73 Å². The molecule has 0 aromatic heterocycles. The molecule has 0 aliphatic carbocycles. The lowest BCUT2D eigenvalue weighted by molar-refractivity contribution is 0.832. The van der Waals surface area contributed by atoms with Gasteiger partial charge in [0.1, 0.15) is 0 Å². The Morgan fingerprint density at radius 1 is 1.17 bits per heavy atom. The lowest BCUT2D eigenvalue weighted by Crippen LogP contribution is -2.00. The van der Waals surface area contributed by atoms with Crippen LogP contribution in [0.3, 0.4) is 0 Å². The Hall–Kier alpha value is 0.200. The molecule has 0 spiro atoms. The Morgan fingerprint density at radius 2 is 1.75 bits per heavy atom. The molecule has 1 aromatic carbocycles. The molecular formula is C9H13ClIN. The summed E-state index contributed by atoms with van der Waals surface area (Å²) < 4.78 is 1.29. The number of hydrogen-bond acceptors (Lipinski definition) is 1. The molecule has 0 atom stereocenters. The van der Waals surface area contributed by atoms with Crippen molar-refractivity contribution in [2.75, 3.05) is 6.54 Å². The van der Waals surface area contributed by atoms with Gasteiger partial charge in [0.15, 0.2) is 0 Å². The Kier molecular flexibility index (Phi) is 6.80. The fourth-order valence-corrected chi connectivity index (χ4v) is 1.32. The number of rotatable bonds is 3. The van der Waals surface area contributed by atoms with Gasteiger partial charge in [0.2, 0.25) is 0 Å². The van der Waals surface area contributed by atoms with E-state index >= 15 is 0 Å². The van der Waals surface area contributed by atoms with Gasteiger partial charge >= 0.3 is 0 Å². The fourth-order valence-electron chi connectivity index (χ4n) is 0.957. The number of nitrogens with two attached hydrogens (primary N) is 1. The molecule has 0 saturated heterocycles. The average molecular weight is 298 g/mol. The lowest BCUT2D eigenvalue weighted by atomic mass is 10.1. The number of benzene rings is 1. The Bertz CT molecular complexity index is 210. The molecular weight excluding hydrogens is 284 g/mol. The minimum absolute atomic E-state index is 0. The maximum atomic E-state index is 5.40. The van der Waals surface area contributed by atoms with Crippen molar-refractivity contribution in [3.05, 3.63) is 33.4 Å². The first-order valence-electron chi connectivity index (χ1n) is 3.77. The van der Waals surface area contributed by atoms with Gasteiger partial charge in [-0.25, -0.2) is 0 Å². The Morgan fingerprint density at radius 3 is 2.25 bits per heavy atom. The number of aryl methyl sites for hydroxylation is 1.